The Morgan fingerprint density at radius 3 is 2.65 bits per heavy atom. The molecular formula is C13H20ClNOS. The van der Waals surface area contributed by atoms with E-state index in [1.165, 1.54) is 24.3 Å². The molecule has 0 spiro atoms. The topological polar surface area (TPSA) is 32.3 Å². The average Bonchev–Trinajstić information content (AvgIpc) is 2.33. The number of para-hydroxylation sites is 1. The molecule has 1 fully saturated rings. The lowest BCUT2D eigenvalue weighted by atomic mass is 10.1. The summed E-state index contributed by atoms with van der Waals surface area (Å²) in [7, 11) is 0. The molecule has 0 aliphatic carbocycles. The van der Waals surface area contributed by atoms with Crippen molar-refractivity contribution in [1.82, 2.24) is 5.32 Å². The van der Waals surface area contributed by atoms with E-state index in [-0.39, 0.29) is 12.4 Å². The first-order valence-electron chi connectivity index (χ1n) is 5.94. The highest BCUT2D eigenvalue weighted by Crippen LogP contribution is 2.18. The molecule has 0 atom stereocenters. The van der Waals surface area contributed by atoms with E-state index in [1.807, 2.05) is 18.2 Å². The van der Waals surface area contributed by atoms with Gasteiger partial charge in [0.05, 0.1) is 0 Å². The van der Waals surface area contributed by atoms with Gasteiger partial charge in [-0.05, 0) is 48.9 Å². The van der Waals surface area contributed by atoms with Crippen LogP contribution in [-0.2, 0) is 6.42 Å². The molecule has 2 nitrogen and oxygen atoms in total. The molecule has 1 aromatic rings. The van der Waals surface area contributed by atoms with Crippen LogP contribution in [0.5, 0.6) is 5.75 Å². The molecule has 1 saturated heterocycles. The van der Waals surface area contributed by atoms with Crippen LogP contribution < -0.4 is 5.32 Å². The van der Waals surface area contributed by atoms with E-state index in [0.717, 1.165) is 18.5 Å². The van der Waals surface area contributed by atoms with Crippen LogP contribution in [0.1, 0.15) is 18.4 Å². The second kappa shape index (κ2) is 7.85. The van der Waals surface area contributed by atoms with Gasteiger partial charge >= 0.3 is 0 Å². The quantitative estimate of drug-likeness (QED) is 0.885. The zero-order valence-electron chi connectivity index (χ0n) is 9.89. The largest absolute Gasteiger partial charge is 0.508 e. The van der Waals surface area contributed by atoms with E-state index in [2.05, 4.69) is 17.1 Å². The van der Waals surface area contributed by atoms with Gasteiger partial charge < -0.3 is 10.4 Å². The summed E-state index contributed by atoms with van der Waals surface area (Å²) in [6.07, 6.45) is 3.48. The van der Waals surface area contributed by atoms with E-state index in [4.69, 9.17) is 0 Å². The van der Waals surface area contributed by atoms with Crippen LogP contribution >= 0.6 is 24.2 Å². The fourth-order valence-electron chi connectivity index (χ4n) is 2.03. The Morgan fingerprint density at radius 1 is 1.24 bits per heavy atom. The van der Waals surface area contributed by atoms with Crippen molar-refractivity contribution in [3.05, 3.63) is 29.8 Å². The van der Waals surface area contributed by atoms with Crippen molar-refractivity contribution in [3.8, 4) is 5.75 Å². The number of hydrogen-bond acceptors (Lipinski definition) is 3. The van der Waals surface area contributed by atoms with Crippen molar-refractivity contribution in [3.63, 3.8) is 0 Å². The molecule has 96 valence electrons. The number of nitrogens with one attached hydrogen (secondary N) is 1. The predicted octanol–water partition coefficient (Wildman–Crippen LogP) is 2.84. The lowest BCUT2D eigenvalue weighted by molar-refractivity contribution is 0.458. The Morgan fingerprint density at radius 2 is 1.94 bits per heavy atom. The number of phenolic OH excluding ortho intramolecular Hbond substituents is 1. The van der Waals surface area contributed by atoms with Crippen LogP contribution in [0.3, 0.4) is 0 Å². The second-order valence-corrected chi connectivity index (χ2v) is 5.44. The van der Waals surface area contributed by atoms with Crippen LogP contribution in [0.15, 0.2) is 24.3 Å². The van der Waals surface area contributed by atoms with Crippen molar-refractivity contribution >= 4 is 24.2 Å². The normalized spacial score (nSPS) is 16.5. The van der Waals surface area contributed by atoms with E-state index in [9.17, 15) is 5.11 Å². The summed E-state index contributed by atoms with van der Waals surface area (Å²) < 4.78 is 0. The van der Waals surface area contributed by atoms with E-state index < -0.39 is 0 Å². The monoisotopic (exact) mass is 273 g/mol. The molecule has 17 heavy (non-hydrogen) atoms. The number of rotatable bonds is 4. The fourth-order valence-corrected chi connectivity index (χ4v) is 3.14. The van der Waals surface area contributed by atoms with Crippen LogP contribution in [0.2, 0.25) is 0 Å². The molecule has 1 aliphatic heterocycles. The van der Waals surface area contributed by atoms with Crippen LogP contribution in [0, 0.1) is 0 Å². The Balaban J connectivity index is 0.00000144. The number of benzene rings is 1. The van der Waals surface area contributed by atoms with E-state index in [1.54, 1.807) is 6.07 Å². The summed E-state index contributed by atoms with van der Waals surface area (Å²) in [6.45, 7) is 0.965. The number of aromatic hydroxyl groups is 1. The molecule has 4 heteroatoms. The van der Waals surface area contributed by atoms with Gasteiger partial charge in [0.15, 0.2) is 0 Å². The molecule has 0 saturated carbocycles. The lowest BCUT2D eigenvalue weighted by Gasteiger charge is -2.22. The first-order chi connectivity index (χ1) is 7.86. The first kappa shape index (κ1) is 14.7. The number of phenols is 1. The van der Waals surface area contributed by atoms with Crippen molar-refractivity contribution < 1.29 is 5.11 Å². The molecular weight excluding hydrogens is 254 g/mol. The first-order valence-corrected chi connectivity index (χ1v) is 7.10. The van der Waals surface area contributed by atoms with Crippen molar-refractivity contribution in [2.45, 2.75) is 25.3 Å². The maximum Gasteiger partial charge on any atom is 0.118 e. The van der Waals surface area contributed by atoms with Gasteiger partial charge in [-0.3, -0.25) is 0 Å². The summed E-state index contributed by atoms with van der Waals surface area (Å²) >= 11 is 2.05. The number of thioether (sulfide) groups is 1. The molecule has 0 radical (unpaired) electrons. The summed E-state index contributed by atoms with van der Waals surface area (Å²) in [5.74, 6) is 2.99. The minimum absolute atomic E-state index is 0. The SMILES string of the molecule is Cl.Oc1ccccc1CCNC1CCSCC1. The molecule has 2 rings (SSSR count). The standard InChI is InChI=1S/C13H19NOS.ClH/c15-13-4-2-1-3-11(13)5-8-14-12-6-9-16-10-7-12;/h1-4,12,14-15H,5-10H2;1H. The Kier molecular flexibility index (Phi) is 6.78. The zero-order chi connectivity index (χ0) is 11.2. The maximum absolute atomic E-state index is 9.62. The minimum atomic E-state index is 0. The average molecular weight is 274 g/mol. The maximum atomic E-state index is 9.62. The lowest BCUT2D eigenvalue weighted by Crippen LogP contribution is -2.33. The Labute approximate surface area is 114 Å². The van der Waals surface area contributed by atoms with Gasteiger partial charge in [0.25, 0.3) is 0 Å². The van der Waals surface area contributed by atoms with Gasteiger partial charge in [-0.15, -0.1) is 12.4 Å². The van der Waals surface area contributed by atoms with Crippen LogP contribution in [0.4, 0.5) is 0 Å². The molecule has 1 heterocycles. The summed E-state index contributed by atoms with van der Waals surface area (Å²) in [6, 6.07) is 8.28. The van der Waals surface area contributed by atoms with Gasteiger partial charge in [-0.2, -0.15) is 11.8 Å². The third-order valence-corrected chi connectivity index (χ3v) is 4.09. The van der Waals surface area contributed by atoms with Gasteiger partial charge in [0.2, 0.25) is 0 Å². The molecule has 1 aliphatic rings. The van der Waals surface area contributed by atoms with Gasteiger partial charge in [0, 0.05) is 6.04 Å². The summed E-state index contributed by atoms with van der Waals surface area (Å²) in [5.41, 5.74) is 1.04. The number of hydrogen-bond donors (Lipinski definition) is 2. The fraction of sp³-hybridized carbons (Fsp3) is 0.538. The van der Waals surface area contributed by atoms with E-state index in [0.29, 0.717) is 11.8 Å². The minimum Gasteiger partial charge on any atom is -0.508 e. The molecule has 0 bridgehead atoms. The highest BCUT2D eigenvalue weighted by Gasteiger charge is 2.12. The summed E-state index contributed by atoms with van der Waals surface area (Å²) in [5, 5.41) is 13.2. The molecule has 0 unspecified atom stereocenters. The van der Waals surface area contributed by atoms with Crippen LogP contribution in [-0.4, -0.2) is 29.2 Å². The third kappa shape index (κ3) is 4.78. The Hall–Kier alpha value is -0.380. The molecule has 0 amide bonds. The Bertz CT molecular complexity index is 329. The smallest absolute Gasteiger partial charge is 0.118 e. The van der Waals surface area contributed by atoms with Gasteiger partial charge in [0.1, 0.15) is 5.75 Å². The van der Waals surface area contributed by atoms with Gasteiger partial charge in [-0.25, -0.2) is 0 Å². The van der Waals surface area contributed by atoms with Crippen LogP contribution in [0.25, 0.3) is 0 Å². The van der Waals surface area contributed by atoms with Crippen molar-refractivity contribution in [2.24, 2.45) is 0 Å². The number of halogens is 1. The van der Waals surface area contributed by atoms with E-state index >= 15 is 0 Å². The predicted molar refractivity (Wildman–Crippen MR) is 77.4 cm³/mol. The highest BCUT2D eigenvalue weighted by molar-refractivity contribution is 7.99. The van der Waals surface area contributed by atoms with Crippen molar-refractivity contribution in [2.75, 3.05) is 18.1 Å². The molecule has 2 N–H and O–H groups in total. The zero-order valence-corrected chi connectivity index (χ0v) is 11.5. The van der Waals surface area contributed by atoms with Crippen molar-refractivity contribution in [1.29, 1.82) is 0 Å². The third-order valence-electron chi connectivity index (χ3n) is 3.04. The van der Waals surface area contributed by atoms with Gasteiger partial charge in [-0.1, -0.05) is 18.2 Å². The molecule has 1 aromatic carbocycles. The highest BCUT2D eigenvalue weighted by atomic mass is 35.5. The summed E-state index contributed by atoms with van der Waals surface area (Å²) in [4.78, 5) is 0. The molecule has 0 aromatic heterocycles. The second-order valence-electron chi connectivity index (χ2n) is 4.22.